The van der Waals surface area contributed by atoms with Crippen LogP contribution in [0.1, 0.15) is 12.8 Å². The maximum Gasteiger partial charge on any atom is 0.161 e. The molecule has 1 aromatic carbocycles. The van der Waals surface area contributed by atoms with Crippen LogP contribution in [0.25, 0.3) is 0 Å². The highest BCUT2D eigenvalue weighted by Gasteiger charge is 2.55. The van der Waals surface area contributed by atoms with Crippen molar-refractivity contribution >= 4 is 29.9 Å². The Morgan fingerprint density at radius 3 is 2.75 bits per heavy atom. The number of nitrogens with one attached hydrogen (secondary N) is 3. The largest absolute Gasteiger partial charge is 0.486 e. The summed E-state index contributed by atoms with van der Waals surface area (Å²) in [5.41, 5.74) is 7.11. The van der Waals surface area contributed by atoms with Crippen molar-refractivity contribution in [1.29, 1.82) is 0 Å². The second-order valence-electron chi connectivity index (χ2n) is 10.6. The van der Waals surface area contributed by atoms with E-state index in [0.717, 1.165) is 29.3 Å². The number of aliphatic imine (C=N–C) groups is 2. The van der Waals surface area contributed by atoms with Gasteiger partial charge in [0.2, 0.25) is 0 Å². The number of alkyl halides is 1. The van der Waals surface area contributed by atoms with E-state index in [0.29, 0.717) is 49.7 Å². The van der Waals surface area contributed by atoms with Gasteiger partial charge in [0, 0.05) is 60.7 Å². The SMILES string of the molecule is COCCNCCN=CC(=CN)/C1=C/CN=C/C=C(/OC2C=CC(NC(O)C3(C(O)Nc4ccccc4)CC3)=CC2F)CS1. The van der Waals surface area contributed by atoms with Crippen LogP contribution in [0.4, 0.5) is 10.1 Å². The number of anilines is 1. The average molecular weight is 627 g/mol. The average Bonchev–Trinajstić information content (AvgIpc) is 3.83. The van der Waals surface area contributed by atoms with E-state index < -0.39 is 30.1 Å². The summed E-state index contributed by atoms with van der Waals surface area (Å²) < 4.78 is 26.4. The zero-order valence-electron chi connectivity index (χ0n) is 24.9. The molecular weight excluding hydrogens is 583 g/mol. The summed E-state index contributed by atoms with van der Waals surface area (Å²) in [6, 6.07) is 9.32. The molecule has 1 saturated carbocycles. The Morgan fingerprint density at radius 1 is 1.23 bits per heavy atom. The molecule has 0 amide bonds. The molecule has 7 N–H and O–H groups in total. The molecule has 0 bridgehead atoms. The Morgan fingerprint density at radius 2 is 2.02 bits per heavy atom. The molecule has 2 aliphatic carbocycles. The van der Waals surface area contributed by atoms with Gasteiger partial charge in [0.05, 0.1) is 30.9 Å². The monoisotopic (exact) mass is 626 g/mol. The molecule has 1 fully saturated rings. The van der Waals surface area contributed by atoms with Crippen molar-refractivity contribution in [3.05, 3.63) is 88.8 Å². The molecule has 1 aromatic rings. The third-order valence-corrected chi connectivity index (χ3v) is 8.56. The van der Waals surface area contributed by atoms with Crippen LogP contribution in [0.2, 0.25) is 0 Å². The highest BCUT2D eigenvalue weighted by molar-refractivity contribution is 8.03. The number of rotatable bonds is 16. The fourth-order valence-corrected chi connectivity index (χ4v) is 5.58. The number of halogens is 1. The van der Waals surface area contributed by atoms with Gasteiger partial charge in [0.1, 0.15) is 18.2 Å². The van der Waals surface area contributed by atoms with Crippen LogP contribution in [0.3, 0.4) is 0 Å². The summed E-state index contributed by atoms with van der Waals surface area (Å²) in [6.07, 6.45) is 10.3. The lowest BCUT2D eigenvalue weighted by molar-refractivity contribution is -0.00468. The first-order chi connectivity index (χ1) is 21.4. The van der Waals surface area contributed by atoms with E-state index in [1.807, 2.05) is 36.4 Å². The van der Waals surface area contributed by atoms with Crippen molar-refractivity contribution in [2.75, 3.05) is 51.0 Å². The van der Waals surface area contributed by atoms with Gasteiger partial charge in [0.15, 0.2) is 12.3 Å². The highest BCUT2D eigenvalue weighted by Crippen LogP contribution is 2.51. The third-order valence-electron chi connectivity index (χ3n) is 7.42. The number of aliphatic hydroxyl groups excluding tert-OH is 2. The molecule has 4 rings (SSSR count). The van der Waals surface area contributed by atoms with Crippen molar-refractivity contribution in [3.8, 4) is 0 Å². The fourth-order valence-electron chi connectivity index (χ4n) is 4.64. The van der Waals surface area contributed by atoms with Gasteiger partial charge in [-0.25, -0.2) is 4.39 Å². The Labute approximate surface area is 262 Å². The number of allylic oxidation sites excluding steroid dienone is 3. The summed E-state index contributed by atoms with van der Waals surface area (Å²) in [7, 11) is 1.67. The number of nitrogens with zero attached hydrogens (tertiary/aromatic N) is 2. The van der Waals surface area contributed by atoms with Crippen molar-refractivity contribution in [2.45, 2.75) is 37.6 Å². The van der Waals surface area contributed by atoms with Crippen LogP contribution in [0.5, 0.6) is 0 Å². The Balaban J connectivity index is 1.28. The molecule has 238 valence electrons. The third kappa shape index (κ3) is 9.80. The van der Waals surface area contributed by atoms with Crippen LogP contribution < -0.4 is 21.7 Å². The summed E-state index contributed by atoms with van der Waals surface area (Å²) in [5.74, 6) is 1.01. The molecule has 0 saturated heterocycles. The van der Waals surface area contributed by atoms with Gasteiger partial charge in [-0.15, -0.1) is 11.8 Å². The molecule has 10 nitrogen and oxygen atoms in total. The van der Waals surface area contributed by atoms with Crippen molar-refractivity contribution in [1.82, 2.24) is 10.6 Å². The number of hydrogen-bond acceptors (Lipinski definition) is 11. The van der Waals surface area contributed by atoms with Gasteiger partial charge in [-0.3, -0.25) is 9.98 Å². The van der Waals surface area contributed by atoms with Crippen LogP contribution in [0, 0.1) is 5.41 Å². The van der Waals surface area contributed by atoms with Gasteiger partial charge in [-0.1, -0.05) is 18.2 Å². The van der Waals surface area contributed by atoms with Crippen molar-refractivity contribution in [2.24, 2.45) is 21.1 Å². The van der Waals surface area contributed by atoms with Crippen LogP contribution in [0.15, 0.2) is 98.8 Å². The standard InChI is InChI=1S/C32H43FN6O4S/c1-42-18-17-36-15-16-37-21-23(20-34)29-10-14-35-13-9-26(22-44-29)43-28-8-7-25(19-27(28)33)39-31(41)32(11-12-32)30(40)38-24-5-3-2-4-6-24/h2-10,13,19-21,27-28,30-31,36,38-41H,11-12,14-18,22,34H2,1H3/b23-20?,26-9+,29-10-,35-13?,37-21?. The summed E-state index contributed by atoms with van der Waals surface area (Å²) in [4.78, 5) is 9.76. The van der Waals surface area contributed by atoms with E-state index in [1.165, 1.54) is 24.0 Å². The molecule has 1 aliphatic heterocycles. The minimum atomic E-state index is -1.45. The fraction of sp³-hybridized carbons (Fsp3) is 0.438. The van der Waals surface area contributed by atoms with Crippen LogP contribution >= 0.6 is 11.8 Å². The second kappa shape index (κ2) is 17.2. The van der Waals surface area contributed by atoms with Gasteiger partial charge in [-0.2, -0.15) is 0 Å². The molecule has 4 unspecified atom stereocenters. The topological polar surface area (TPSA) is 146 Å². The summed E-state index contributed by atoms with van der Waals surface area (Å²) in [6.45, 7) is 3.21. The molecule has 1 heterocycles. The molecule has 12 heteroatoms. The van der Waals surface area contributed by atoms with Crippen molar-refractivity contribution in [3.63, 3.8) is 0 Å². The molecule has 4 atom stereocenters. The van der Waals surface area contributed by atoms with E-state index in [1.54, 1.807) is 37.8 Å². The van der Waals surface area contributed by atoms with Crippen LogP contribution in [-0.2, 0) is 9.47 Å². The Kier molecular flexibility index (Phi) is 13.1. The zero-order chi connectivity index (χ0) is 31.2. The lowest BCUT2D eigenvalue weighted by Gasteiger charge is -2.31. The maximum atomic E-state index is 15.3. The van der Waals surface area contributed by atoms with Crippen LogP contribution in [-0.4, -0.2) is 93.0 Å². The lowest BCUT2D eigenvalue weighted by atomic mass is 10.0. The van der Waals surface area contributed by atoms with E-state index in [4.69, 9.17) is 15.2 Å². The molecule has 3 aliphatic rings. The maximum absolute atomic E-state index is 15.3. The lowest BCUT2D eigenvalue weighted by Crippen LogP contribution is -2.46. The normalized spacial score (nSPS) is 25.4. The predicted octanol–water partition coefficient (Wildman–Crippen LogP) is 3.02. The number of nitrogens with two attached hydrogens (primary N) is 1. The first kappa shape index (κ1) is 33.5. The van der Waals surface area contributed by atoms with Gasteiger partial charge < -0.3 is 41.4 Å². The molecule has 0 aromatic heterocycles. The quantitative estimate of drug-likeness (QED) is 0.0927. The zero-order valence-corrected chi connectivity index (χ0v) is 25.8. The number of benzene rings is 1. The minimum Gasteiger partial charge on any atom is -0.486 e. The van der Waals surface area contributed by atoms with Gasteiger partial charge in [-0.05, 0) is 55.4 Å². The van der Waals surface area contributed by atoms with Gasteiger partial charge >= 0.3 is 0 Å². The number of ether oxygens (including phenoxy) is 2. The number of thioether (sulfide) groups is 1. The molecule has 44 heavy (non-hydrogen) atoms. The predicted molar refractivity (Wildman–Crippen MR) is 176 cm³/mol. The summed E-state index contributed by atoms with van der Waals surface area (Å²) in [5, 5.41) is 31.0. The van der Waals surface area contributed by atoms with Gasteiger partial charge in [0.25, 0.3) is 0 Å². The first-order valence-electron chi connectivity index (χ1n) is 14.7. The number of hydrogen-bond donors (Lipinski definition) is 6. The molecule has 0 radical (unpaired) electrons. The smallest absolute Gasteiger partial charge is 0.161 e. The van der Waals surface area contributed by atoms with E-state index in [2.05, 4.69) is 25.9 Å². The number of para-hydroxylation sites is 1. The van der Waals surface area contributed by atoms with Crippen molar-refractivity contribution < 1.29 is 24.1 Å². The van der Waals surface area contributed by atoms with E-state index >= 15 is 4.39 Å². The number of aliphatic hydroxyl groups is 2. The highest BCUT2D eigenvalue weighted by atomic mass is 32.2. The molecular formula is C32H43FN6O4S. The van der Waals surface area contributed by atoms with E-state index in [-0.39, 0.29) is 0 Å². The first-order valence-corrected chi connectivity index (χ1v) is 15.7. The number of methoxy groups -OCH3 is 1. The molecule has 0 spiro atoms. The Hall–Kier alpha value is -3.42. The second-order valence-corrected chi connectivity index (χ2v) is 11.6. The minimum absolute atomic E-state index is 0.429. The summed E-state index contributed by atoms with van der Waals surface area (Å²) >= 11 is 1.52. The van der Waals surface area contributed by atoms with E-state index in [9.17, 15) is 10.2 Å². The Bertz CT molecular complexity index is 1280.